The first-order chi connectivity index (χ1) is 16.8. The number of aromatic nitrogens is 7. The van der Waals surface area contributed by atoms with Crippen LogP contribution in [0.5, 0.6) is 11.8 Å². The van der Waals surface area contributed by atoms with E-state index in [4.69, 9.17) is 14.2 Å². The van der Waals surface area contributed by atoms with Crippen LogP contribution in [0.1, 0.15) is 61.7 Å². The maximum absolute atomic E-state index is 13.5. The molecule has 1 aliphatic heterocycles. The molecule has 0 saturated carbocycles. The van der Waals surface area contributed by atoms with Crippen LogP contribution in [0.2, 0.25) is 0 Å². The largest absolute Gasteiger partial charge is 0.479 e. The van der Waals surface area contributed by atoms with Crippen LogP contribution < -0.4 is 9.47 Å². The Morgan fingerprint density at radius 2 is 1.74 bits per heavy atom. The molecule has 0 unspecified atom stereocenters. The zero-order valence-electron chi connectivity index (χ0n) is 20.4. The van der Waals surface area contributed by atoms with E-state index in [9.17, 15) is 8.42 Å². The van der Waals surface area contributed by atoms with E-state index in [-0.39, 0.29) is 29.4 Å². The number of hydrogen-bond donors (Lipinski definition) is 0. The number of rotatable bonds is 9. The minimum absolute atomic E-state index is 0.186. The second kappa shape index (κ2) is 10.2. The minimum Gasteiger partial charge on any atom is -0.479 e. The first-order valence-corrected chi connectivity index (χ1v) is 13.0. The molecule has 4 rings (SSSR count). The summed E-state index contributed by atoms with van der Waals surface area (Å²) < 4.78 is 45.4. The van der Waals surface area contributed by atoms with E-state index >= 15 is 0 Å². The van der Waals surface area contributed by atoms with E-state index in [1.54, 1.807) is 30.8 Å². The van der Waals surface area contributed by atoms with E-state index in [0.29, 0.717) is 23.9 Å². The summed E-state index contributed by atoms with van der Waals surface area (Å²) in [5.41, 5.74) is 1.22. The molecule has 13 heteroatoms. The third-order valence-corrected chi connectivity index (χ3v) is 8.35. The summed E-state index contributed by atoms with van der Waals surface area (Å²) in [6.07, 6.45) is 5.88. The summed E-state index contributed by atoms with van der Waals surface area (Å²) >= 11 is 0. The van der Waals surface area contributed by atoms with Crippen LogP contribution >= 0.6 is 0 Å². The molecule has 35 heavy (non-hydrogen) atoms. The van der Waals surface area contributed by atoms with Crippen molar-refractivity contribution in [3.8, 4) is 17.4 Å². The van der Waals surface area contributed by atoms with E-state index in [0.717, 1.165) is 18.4 Å². The van der Waals surface area contributed by atoms with Crippen molar-refractivity contribution >= 4 is 9.84 Å². The van der Waals surface area contributed by atoms with Crippen LogP contribution in [0.25, 0.3) is 5.69 Å². The Morgan fingerprint density at radius 3 is 2.31 bits per heavy atom. The second-order valence-electron chi connectivity index (χ2n) is 8.47. The lowest BCUT2D eigenvalue weighted by molar-refractivity contribution is 0.103. The van der Waals surface area contributed by atoms with Crippen LogP contribution in [0.4, 0.5) is 0 Å². The van der Waals surface area contributed by atoms with Gasteiger partial charge in [-0.15, -0.1) is 10.2 Å². The Morgan fingerprint density at radius 1 is 1.09 bits per heavy atom. The summed E-state index contributed by atoms with van der Waals surface area (Å²) in [4.78, 5) is 17.0. The Hall–Kier alpha value is -3.19. The predicted molar refractivity (Wildman–Crippen MR) is 125 cm³/mol. The smallest absolute Gasteiger partial charge is 0.245 e. The first kappa shape index (κ1) is 24.9. The molecule has 1 saturated heterocycles. The standard InChI is InChI=1S/C22H29N7O5S/c1-13-9-23-19(24-10-13)14(2)15(3)35(30,31)11-17-27-28-20(16-7-6-8-34-16)29(17)18-21(32-4)25-12-26-22(18)33-5/h9-10,12,14-16H,6-8,11H2,1-5H3/t14-,15-,16-/m0/s1. The summed E-state index contributed by atoms with van der Waals surface area (Å²) in [5, 5.41) is 7.79. The van der Waals surface area contributed by atoms with Gasteiger partial charge in [0.1, 0.15) is 24.0 Å². The van der Waals surface area contributed by atoms with Crippen molar-refractivity contribution in [2.75, 3.05) is 20.8 Å². The van der Waals surface area contributed by atoms with E-state index in [1.807, 2.05) is 6.92 Å². The van der Waals surface area contributed by atoms with Gasteiger partial charge in [0.2, 0.25) is 11.8 Å². The van der Waals surface area contributed by atoms with Crippen LogP contribution in [0.3, 0.4) is 0 Å². The van der Waals surface area contributed by atoms with Crippen molar-refractivity contribution in [1.82, 2.24) is 34.7 Å². The van der Waals surface area contributed by atoms with Crippen molar-refractivity contribution in [3.63, 3.8) is 0 Å². The zero-order valence-corrected chi connectivity index (χ0v) is 21.2. The number of methoxy groups -OCH3 is 2. The van der Waals surface area contributed by atoms with Crippen molar-refractivity contribution in [3.05, 3.63) is 41.8 Å². The molecule has 0 aromatic carbocycles. The molecule has 0 spiro atoms. The highest BCUT2D eigenvalue weighted by molar-refractivity contribution is 7.91. The normalized spacial score (nSPS) is 17.8. The monoisotopic (exact) mass is 503 g/mol. The van der Waals surface area contributed by atoms with Crippen molar-refractivity contribution in [2.24, 2.45) is 0 Å². The molecule has 1 aliphatic rings. The SMILES string of the molecule is COc1ncnc(OC)c1-n1c(CS(=O)(=O)[C@@H](C)[C@H](C)c2ncc(C)cn2)nnc1[C@@H]1CCCO1. The van der Waals surface area contributed by atoms with Gasteiger partial charge < -0.3 is 14.2 Å². The second-order valence-corrected chi connectivity index (χ2v) is 10.8. The molecule has 0 bridgehead atoms. The van der Waals surface area contributed by atoms with Crippen molar-refractivity contribution in [1.29, 1.82) is 0 Å². The highest BCUT2D eigenvalue weighted by atomic mass is 32.2. The number of sulfone groups is 1. The Labute approximate surface area is 204 Å². The highest BCUT2D eigenvalue weighted by Crippen LogP contribution is 2.36. The molecule has 3 aromatic rings. The molecule has 0 N–H and O–H groups in total. The maximum atomic E-state index is 13.5. The van der Waals surface area contributed by atoms with E-state index in [2.05, 4.69) is 30.1 Å². The van der Waals surface area contributed by atoms with Gasteiger partial charge in [0.25, 0.3) is 0 Å². The molecular formula is C22H29N7O5S. The molecule has 0 aliphatic carbocycles. The molecule has 0 radical (unpaired) electrons. The first-order valence-electron chi connectivity index (χ1n) is 11.3. The van der Waals surface area contributed by atoms with Crippen molar-refractivity contribution in [2.45, 2.75) is 56.6 Å². The molecule has 4 heterocycles. The lowest BCUT2D eigenvalue weighted by Crippen LogP contribution is -2.27. The van der Waals surface area contributed by atoms with Gasteiger partial charge in [-0.25, -0.2) is 18.4 Å². The lowest BCUT2D eigenvalue weighted by Gasteiger charge is -2.20. The molecule has 1 fully saturated rings. The summed E-state index contributed by atoms with van der Waals surface area (Å²) in [6, 6.07) is 0. The highest BCUT2D eigenvalue weighted by Gasteiger charge is 2.35. The van der Waals surface area contributed by atoms with Gasteiger partial charge >= 0.3 is 0 Å². The topological polar surface area (TPSA) is 144 Å². The number of ether oxygens (including phenoxy) is 3. The Bertz CT molecular complexity index is 1250. The van der Waals surface area contributed by atoms with Crippen LogP contribution in [-0.4, -0.2) is 69.2 Å². The van der Waals surface area contributed by atoms with Gasteiger partial charge in [0.05, 0.1) is 19.5 Å². The Kier molecular flexibility index (Phi) is 7.26. The molecule has 3 aromatic heterocycles. The fraction of sp³-hybridized carbons (Fsp3) is 0.545. The fourth-order valence-corrected chi connectivity index (χ4v) is 5.52. The van der Waals surface area contributed by atoms with E-state index in [1.165, 1.54) is 20.5 Å². The van der Waals surface area contributed by atoms with Crippen LogP contribution in [0, 0.1) is 6.92 Å². The van der Waals surface area contributed by atoms with Crippen LogP contribution in [0.15, 0.2) is 18.7 Å². The zero-order chi connectivity index (χ0) is 25.2. The number of nitrogens with zero attached hydrogens (tertiary/aromatic N) is 7. The lowest BCUT2D eigenvalue weighted by atomic mass is 10.1. The quantitative estimate of drug-likeness (QED) is 0.423. The van der Waals surface area contributed by atoms with Gasteiger partial charge in [0, 0.05) is 24.9 Å². The van der Waals surface area contributed by atoms with Gasteiger partial charge in [-0.2, -0.15) is 9.97 Å². The average molecular weight is 504 g/mol. The molecular weight excluding hydrogens is 474 g/mol. The number of aryl methyl sites for hydroxylation is 1. The third kappa shape index (κ3) is 4.96. The van der Waals surface area contributed by atoms with Crippen molar-refractivity contribution < 1.29 is 22.6 Å². The number of hydrogen-bond acceptors (Lipinski definition) is 11. The fourth-order valence-electron chi connectivity index (χ4n) is 3.96. The molecule has 3 atom stereocenters. The van der Waals surface area contributed by atoms with Gasteiger partial charge in [0.15, 0.2) is 27.2 Å². The average Bonchev–Trinajstić information content (AvgIpc) is 3.52. The Balaban J connectivity index is 1.76. The minimum atomic E-state index is -3.72. The summed E-state index contributed by atoms with van der Waals surface area (Å²) in [7, 11) is -0.794. The molecule has 0 amide bonds. The summed E-state index contributed by atoms with van der Waals surface area (Å²) in [5.74, 6) is 0.679. The maximum Gasteiger partial charge on any atom is 0.245 e. The van der Waals surface area contributed by atoms with Gasteiger partial charge in [-0.05, 0) is 32.3 Å². The van der Waals surface area contributed by atoms with Gasteiger partial charge in [-0.1, -0.05) is 6.92 Å². The summed E-state index contributed by atoms with van der Waals surface area (Å²) in [6.45, 7) is 5.91. The third-order valence-electron chi connectivity index (χ3n) is 6.15. The predicted octanol–water partition coefficient (Wildman–Crippen LogP) is 2.13. The van der Waals surface area contributed by atoms with E-state index < -0.39 is 21.0 Å². The van der Waals surface area contributed by atoms with Gasteiger partial charge in [-0.3, -0.25) is 4.57 Å². The molecule has 188 valence electrons. The molecule has 12 nitrogen and oxygen atoms in total. The van der Waals surface area contributed by atoms with Crippen LogP contribution in [-0.2, 0) is 20.3 Å².